The van der Waals surface area contributed by atoms with Crippen LogP contribution >= 0.6 is 24.0 Å². The second-order valence-corrected chi connectivity index (χ2v) is 5.74. The standard InChI is InChI=1S/C19H25N5O4.HI/c1-20-19(23-13-14-8-9-17(27-2)18(12-14)28-3)22-11-10-21-15-6-4-5-7-16(15)24(25)26;/h4-9,12,21H,10-11,13H2,1-3H3,(H2,20,22,23);1H. The molecule has 0 fully saturated rings. The van der Waals surface area contributed by atoms with Gasteiger partial charge >= 0.3 is 0 Å². The van der Waals surface area contributed by atoms with Crippen molar-refractivity contribution in [3.8, 4) is 11.5 Å². The molecule has 29 heavy (non-hydrogen) atoms. The number of nitrogens with zero attached hydrogens (tertiary/aromatic N) is 2. The lowest BCUT2D eigenvalue weighted by atomic mass is 10.2. The van der Waals surface area contributed by atoms with Crippen LogP contribution in [0.15, 0.2) is 47.5 Å². The van der Waals surface area contributed by atoms with Crippen LogP contribution < -0.4 is 25.4 Å². The highest BCUT2D eigenvalue weighted by molar-refractivity contribution is 14.0. The van der Waals surface area contributed by atoms with E-state index in [4.69, 9.17) is 9.47 Å². The van der Waals surface area contributed by atoms with Crippen molar-refractivity contribution >= 4 is 41.3 Å². The van der Waals surface area contributed by atoms with E-state index in [1.807, 2.05) is 18.2 Å². The summed E-state index contributed by atoms with van der Waals surface area (Å²) in [6, 6.07) is 12.2. The van der Waals surface area contributed by atoms with Crippen LogP contribution in [0.4, 0.5) is 11.4 Å². The van der Waals surface area contributed by atoms with Gasteiger partial charge in [-0.15, -0.1) is 24.0 Å². The van der Waals surface area contributed by atoms with Gasteiger partial charge in [-0.1, -0.05) is 18.2 Å². The van der Waals surface area contributed by atoms with E-state index in [2.05, 4.69) is 20.9 Å². The molecule has 10 heteroatoms. The summed E-state index contributed by atoms with van der Waals surface area (Å²) in [6.07, 6.45) is 0. The normalized spacial score (nSPS) is 10.5. The molecule has 0 spiro atoms. The first-order valence-electron chi connectivity index (χ1n) is 8.71. The van der Waals surface area contributed by atoms with E-state index in [0.29, 0.717) is 42.8 Å². The highest BCUT2D eigenvalue weighted by atomic mass is 127. The number of rotatable bonds is 9. The minimum Gasteiger partial charge on any atom is -0.493 e. The topological polar surface area (TPSA) is 110 Å². The van der Waals surface area contributed by atoms with Crippen molar-refractivity contribution in [1.29, 1.82) is 0 Å². The number of guanidine groups is 1. The van der Waals surface area contributed by atoms with Gasteiger partial charge in [0.15, 0.2) is 17.5 Å². The van der Waals surface area contributed by atoms with E-state index in [9.17, 15) is 10.1 Å². The number of nitro groups is 1. The second kappa shape index (κ2) is 12.6. The summed E-state index contributed by atoms with van der Waals surface area (Å²) in [4.78, 5) is 14.8. The molecule has 3 N–H and O–H groups in total. The Hall–Kier alpha value is -2.76. The lowest BCUT2D eigenvalue weighted by molar-refractivity contribution is -0.384. The first-order chi connectivity index (χ1) is 13.6. The van der Waals surface area contributed by atoms with Crippen molar-refractivity contribution in [2.24, 2.45) is 4.99 Å². The largest absolute Gasteiger partial charge is 0.493 e. The predicted molar refractivity (Wildman–Crippen MR) is 125 cm³/mol. The lowest BCUT2D eigenvalue weighted by Gasteiger charge is -2.14. The van der Waals surface area contributed by atoms with Crippen LogP contribution in [0.2, 0.25) is 0 Å². The summed E-state index contributed by atoms with van der Waals surface area (Å²) in [5.74, 6) is 1.97. The molecule has 0 saturated carbocycles. The maximum atomic E-state index is 11.0. The van der Waals surface area contributed by atoms with Gasteiger partial charge in [0.05, 0.1) is 19.1 Å². The van der Waals surface area contributed by atoms with Gasteiger partial charge in [0.1, 0.15) is 5.69 Å². The molecule has 0 amide bonds. The van der Waals surface area contributed by atoms with Gasteiger partial charge in [-0.05, 0) is 23.8 Å². The number of benzene rings is 2. The molecule has 2 rings (SSSR count). The molecule has 0 aliphatic carbocycles. The summed E-state index contributed by atoms with van der Waals surface area (Å²) in [7, 11) is 4.87. The first-order valence-corrected chi connectivity index (χ1v) is 8.71. The summed E-state index contributed by atoms with van der Waals surface area (Å²) in [5, 5.41) is 20.4. The minimum absolute atomic E-state index is 0. The van der Waals surface area contributed by atoms with E-state index in [1.165, 1.54) is 6.07 Å². The third-order valence-electron chi connectivity index (χ3n) is 3.97. The van der Waals surface area contributed by atoms with Gasteiger partial charge in [0, 0.05) is 32.7 Å². The van der Waals surface area contributed by atoms with Crippen molar-refractivity contribution < 1.29 is 14.4 Å². The monoisotopic (exact) mass is 515 g/mol. The Kier molecular flexibility index (Phi) is 10.6. The molecular weight excluding hydrogens is 489 g/mol. The Morgan fingerprint density at radius 3 is 2.45 bits per heavy atom. The molecule has 0 unspecified atom stereocenters. The van der Waals surface area contributed by atoms with E-state index in [1.54, 1.807) is 39.5 Å². The van der Waals surface area contributed by atoms with Crippen LogP contribution in [0.1, 0.15) is 5.56 Å². The lowest BCUT2D eigenvalue weighted by Crippen LogP contribution is -2.39. The van der Waals surface area contributed by atoms with Crippen LogP contribution in [0.25, 0.3) is 0 Å². The van der Waals surface area contributed by atoms with Crippen molar-refractivity contribution in [2.75, 3.05) is 39.7 Å². The molecular formula is C19H26IN5O4. The third-order valence-corrected chi connectivity index (χ3v) is 3.97. The molecule has 0 radical (unpaired) electrons. The van der Waals surface area contributed by atoms with Crippen LogP contribution in [-0.2, 0) is 6.54 Å². The molecule has 9 nitrogen and oxygen atoms in total. The number of hydrogen-bond donors (Lipinski definition) is 3. The average molecular weight is 515 g/mol. The number of nitro benzene ring substituents is 1. The molecule has 0 bridgehead atoms. The maximum absolute atomic E-state index is 11.0. The smallest absolute Gasteiger partial charge is 0.292 e. The number of halogens is 1. The van der Waals surface area contributed by atoms with Gasteiger partial charge in [0.25, 0.3) is 5.69 Å². The van der Waals surface area contributed by atoms with Crippen LogP contribution in [0, 0.1) is 10.1 Å². The predicted octanol–water partition coefficient (Wildman–Crippen LogP) is 3.01. The van der Waals surface area contributed by atoms with Gasteiger partial charge < -0.3 is 25.4 Å². The molecule has 0 saturated heterocycles. The molecule has 0 heterocycles. The van der Waals surface area contributed by atoms with E-state index in [-0.39, 0.29) is 29.7 Å². The van der Waals surface area contributed by atoms with E-state index >= 15 is 0 Å². The van der Waals surface area contributed by atoms with Crippen molar-refractivity contribution in [3.05, 3.63) is 58.1 Å². The third kappa shape index (κ3) is 7.29. The van der Waals surface area contributed by atoms with E-state index in [0.717, 1.165) is 5.56 Å². The molecule has 2 aromatic carbocycles. The van der Waals surface area contributed by atoms with Crippen molar-refractivity contribution in [3.63, 3.8) is 0 Å². The summed E-state index contributed by atoms with van der Waals surface area (Å²) in [5.41, 5.74) is 1.56. The number of aliphatic imine (C=N–C) groups is 1. The second-order valence-electron chi connectivity index (χ2n) is 5.74. The molecule has 2 aromatic rings. The van der Waals surface area contributed by atoms with Crippen molar-refractivity contribution in [1.82, 2.24) is 10.6 Å². The Balaban J connectivity index is 0.00000420. The molecule has 158 valence electrons. The number of anilines is 1. The number of ether oxygens (including phenoxy) is 2. The fourth-order valence-corrected chi connectivity index (χ4v) is 2.56. The SMILES string of the molecule is CN=C(NCCNc1ccccc1[N+](=O)[O-])NCc1ccc(OC)c(OC)c1.I. The van der Waals surface area contributed by atoms with Crippen LogP contribution in [0.5, 0.6) is 11.5 Å². The van der Waals surface area contributed by atoms with E-state index < -0.39 is 4.92 Å². The number of methoxy groups -OCH3 is 2. The zero-order valence-electron chi connectivity index (χ0n) is 16.6. The quantitative estimate of drug-likeness (QED) is 0.118. The molecule has 0 aliphatic heterocycles. The van der Waals surface area contributed by atoms with Crippen LogP contribution in [-0.4, -0.2) is 45.2 Å². The summed E-state index contributed by atoms with van der Waals surface area (Å²) >= 11 is 0. The Morgan fingerprint density at radius 1 is 1.07 bits per heavy atom. The summed E-state index contributed by atoms with van der Waals surface area (Å²) in [6.45, 7) is 1.59. The average Bonchev–Trinajstić information content (AvgIpc) is 2.73. The minimum atomic E-state index is -0.403. The zero-order valence-corrected chi connectivity index (χ0v) is 18.9. The number of para-hydroxylation sites is 2. The summed E-state index contributed by atoms with van der Waals surface area (Å²) < 4.78 is 10.5. The molecule has 0 aromatic heterocycles. The van der Waals surface area contributed by atoms with Gasteiger partial charge in [0.2, 0.25) is 0 Å². The fraction of sp³-hybridized carbons (Fsp3) is 0.316. The first kappa shape index (κ1) is 24.3. The Bertz CT molecular complexity index is 832. The van der Waals surface area contributed by atoms with Gasteiger partial charge in [-0.3, -0.25) is 15.1 Å². The maximum Gasteiger partial charge on any atom is 0.292 e. The number of hydrogen-bond acceptors (Lipinski definition) is 6. The van der Waals surface area contributed by atoms with Crippen LogP contribution in [0.3, 0.4) is 0 Å². The fourth-order valence-electron chi connectivity index (χ4n) is 2.56. The highest BCUT2D eigenvalue weighted by Crippen LogP contribution is 2.27. The van der Waals surface area contributed by atoms with Crippen molar-refractivity contribution in [2.45, 2.75) is 6.54 Å². The Labute approximate surface area is 187 Å². The highest BCUT2D eigenvalue weighted by Gasteiger charge is 2.11. The Morgan fingerprint density at radius 2 is 1.79 bits per heavy atom. The van der Waals surface area contributed by atoms with Gasteiger partial charge in [-0.25, -0.2) is 0 Å². The molecule has 0 aliphatic rings. The number of nitrogens with one attached hydrogen (secondary N) is 3. The molecule has 0 atom stereocenters. The van der Waals surface area contributed by atoms with Gasteiger partial charge in [-0.2, -0.15) is 0 Å². The zero-order chi connectivity index (χ0) is 20.4.